The molecule has 3 heteroatoms. The van der Waals surface area contributed by atoms with E-state index in [0.717, 1.165) is 26.2 Å². The van der Waals surface area contributed by atoms with Gasteiger partial charge in [0.1, 0.15) is 0 Å². The van der Waals surface area contributed by atoms with Crippen LogP contribution in [0.1, 0.15) is 47.5 Å². The first-order valence-corrected chi connectivity index (χ1v) is 6.57. The van der Waals surface area contributed by atoms with Crippen molar-refractivity contribution in [2.24, 2.45) is 4.99 Å². The molecule has 0 N–H and O–H groups in total. The molecule has 1 aliphatic rings. The van der Waals surface area contributed by atoms with E-state index in [9.17, 15) is 0 Å². The Morgan fingerprint density at radius 1 is 1.12 bits per heavy atom. The third-order valence-corrected chi connectivity index (χ3v) is 2.80. The van der Waals surface area contributed by atoms with Gasteiger partial charge in [0.15, 0.2) is 5.96 Å². The molecule has 1 rings (SSSR count). The lowest BCUT2D eigenvalue weighted by molar-refractivity contribution is 0.435. The summed E-state index contributed by atoms with van der Waals surface area (Å²) < 4.78 is 0. The number of unbranched alkanes of at least 4 members (excludes halogenated alkanes) is 1. The molecule has 0 amide bonds. The summed E-state index contributed by atoms with van der Waals surface area (Å²) in [5, 5.41) is 0. The summed E-state index contributed by atoms with van der Waals surface area (Å²) in [6, 6.07) is 0. The molecule has 1 heterocycles. The first-order valence-electron chi connectivity index (χ1n) is 6.57. The van der Waals surface area contributed by atoms with E-state index in [4.69, 9.17) is 4.99 Å². The van der Waals surface area contributed by atoms with Crippen molar-refractivity contribution < 1.29 is 0 Å². The van der Waals surface area contributed by atoms with Gasteiger partial charge in [-0.05, 0) is 34.1 Å². The molecule has 1 aliphatic heterocycles. The van der Waals surface area contributed by atoms with Crippen molar-refractivity contribution in [1.29, 1.82) is 0 Å². The van der Waals surface area contributed by atoms with Gasteiger partial charge in [0.2, 0.25) is 0 Å². The van der Waals surface area contributed by atoms with E-state index in [1.165, 1.54) is 18.8 Å². The highest BCUT2D eigenvalue weighted by Gasteiger charge is 2.26. The van der Waals surface area contributed by atoms with Gasteiger partial charge in [-0.3, -0.25) is 0 Å². The predicted molar refractivity (Wildman–Crippen MR) is 70.9 cm³/mol. The minimum absolute atomic E-state index is 0.0254. The van der Waals surface area contributed by atoms with Crippen LogP contribution in [0.2, 0.25) is 0 Å². The maximum absolute atomic E-state index is 4.86. The van der Waals surface area contributed by atoms with E-state index in [1.807, 2.05) is 0 Å². The molecule has 0 aliphatic carbocycles. The number of hydrogen-bond acceptors (Lipinski definition) is 1. The van der Waals surface area contributed by atoms with Gasteiger partial charge in [0, 0.05) is 26.2 Å². The Morgan fingerprint density at radius 2 is 1.75 bits per heavy atom. The zero-order valence-electron chi connectivity index (χ0n) is 11.6. The Bertz CT molecular complexity index is 240. The fourth-order valence-electron chi connectivity index (χ4n) is 1.94. The quantitative estimate of drug-likeness (QED) is 0.732. The van der Waals surface area contributed by atoms with E-state index in [2.05, 4.69) is 44.4 Å². The number of hydrogen-bond donors (Lipinski definition) is 0. The van der Waals surface area contributed by atoms with Crippen molar-refractivity contribution in [2.45, 2.75) is 53.0 Å². The molecule has 0 aromatic heterocycles. The van der Waals surface area contributed by atoms with Gasteiger partial charge in [-0.2, -0.15) is 0 Å². The molecule has 0 unspecified atom stereocenters. The topological polar surface area (TPSA) is 18.8 Å². The first-order chi connectivity index (χ1) is 7.48. The molecule has 0 aromatic carbocycles. The van der Waals surface area contributed by atoms with E-state index >= 15 is 0 Å². The standard InChI is InChI=1S/C13H27N3/c1-6-8-9-16-11-10-15(7-2)12(16)14-13(3,4)5/h6-11H2,1-5H3. The largest absolute Gasteiger partial charge is 0.341 e. The van der Waals surface area contributed by atoms with Crippen LogP contribution in [-0.2, 0) is 0 Å². The molecule has 0 aromatic rings. The number of guanidine groups is 1. The fourth-order valence-corrected chi connectivity index (χ4v) is 1.94. The highest BCUT2D eigenvalue weighted by Crippen LogP contribution is 2.15. The molecule has 94 valence electrons. The average Bonchev–Trinajstić information content (AvgIpc) is 2.55. The molecule has 1 fully saturated rings. The highest BCUT2D eigenvalue weighted by atomic mass is 15.4. The Morgan fingerprint density at radius 3 is 2.25 bits per heavy atom. The van der Waals surface area contributed by atoms with Crippen LogP contribution in [0.4, 0.5) is 0 Å². The van der Waals surface area contributed by atoms with Gasteiger partial charge in [-0.25, -0.2) is 4.99 Å². The summed E-state index contributed by atoms with van der Waals surface area (Å²) in [5.74, 6) is 1.21. The van der Waals surface area contributed by atoms with Crippen LogP contribution in [0.15, 0.2) is 4.99 Å². The van der Waals surface area contributed by atoms with E-state index in [1.54, 1.807) is 0 Å². The van der Waals surface area contributed by atoms with Crippen LogP contribution >= 0.6 is 0 Å². The summed E-state index contributed by atoms with van der Waals surface area (Å²) in [5.41, 5.74) is 0.0254. The highest BCUT2D eigenvalue weighted by molar-refractivity contribution is 5.82. The minimum Gasteiger partial charge on any atom is -0.341 e. The predicted octanol–water partition coefficient (Wildman–Crippen LogP) is 2.58. The van der Waals surface area contributed by atoms with Crippen molar-refractivity contribution in [3.8, 4) is 0 Å². The Balaban J connectivity index is 2.74. The van der Waals surface area contributed by atoms with Gasteiger partial charge in [0.25, 0.3) is 0 Å². The van der Waals surface area contributed by atoms with Gasteiger partial charge in [-0.15, -0.1) is 0 Å². The van der Waals surface area contributed by atoms with Crippen molar-refractivity contribution >= 4 is 5.96 Å². The molecular formula is C13H27N3. The Hall–Kier alpha value is -0.730. The lowest BCUT2D eigenvalue weighted by Crippen LogP contribution is -2.36. The number of nitrogens with zero attached hydrogens (tertiary/aromatic N) is 3. The summed E-state index contributed by atoms with van der Waals surface area (Å²) >= 11 is 0. The van der Waals surface area contributed by atoms with Crippen molar-refractivity contribution in [2.75, 3.05) is 26.2 Å². The molecule has 0 saturated carbocycles. The summed E-state index contributed by atoms with van der Waals surface area (Å²) in [6.45, 7) is 15.5. The fraction of sp³-hybridized carbons (Fsp3) is 0.923. The average molecular weight is 225 g/mol. The van der Waals surface area contributed by atoms with Crippen LogP contribution in [0.3, 0.4) is 0 Å². The van der Waals surface area contributed by atoms with Gasteiger partial charge in [-0.1, -0.05) is 13.3 Å². The molecule has 3 nitrogen and oxygen atoms in total. The molecule has 16 heavy (non-hydrogen) atoms. The lowest BCUT2D eigenvalue weighted by atomic mass is 10.1. The number of rotatable bonds is 4. The van der Waals surface area contributed by atoms with Gasteiger partial charge in [0.05, 0.1) is 5.54 Å². The Kier molecular flexibility index (Phi) is 4.63. The summed E-state index contributed by atoms with van der Waals surface area (Å²) in [4.78, 5) is 9.70. The van der Waals surface area contributed by atoms with Crippen molar-refractivity contribution in [3.05, 3.63) is 0 Å². The zero-order chi connectivity index (χ0) is 12.2. The normalized spacial score (nSPS) is 19.9. The van der Waals surface area contributed by atoms with E-state index in [-0.39, 0.29) is 5.54 Å². The second-order valence-corrected chi connectivity index (χ2v) is 5.50. The molecule has 0 radical (unpaired) electrons. The third kappa shape index (κ3) is 3.69. The van der Waals surface area contributed by atoms with Crippen molar-refractivity contribution in [3.63, 3.8) is 0 Å². The number of aliphatic imine (C=N–C) groups is 1. The molecule has 0 bridgehead atoms. The minimum atomic E-state index is 0.0254. The van der Waals surface area contributed by atoms with E-state index in [0.29, 0.717) is 0 Å². The number of likely N-dealkylation sites (N-methyl/N-ethyl adjacent to an activating group) is 1. The Labute approximate surface area is 101 Å². The summed E-state index contributed by atoms with van der Waals surface area (Å²) in [6.07, 6.45) is 2.52. The van der Waals surface area contributed by atoms with E-state index < -0.39 is 0 Å². The smallest absolute Gasteiger partial charge is 0.197 e. The van der Waals surface area contributed by atoms with Crippen LogP contribution in [-0.4, -0.2) is 47.5 Å². The second kappa shape index (κ2) is 5.55. The lowest BCUT2D eigenvalue weighted by Gasteiger charge is -2.25. The van der Waals surface area contributed by atoms with Crippen LogP contribution in [0.5, 0.6) is 0 Å². The third-order valence-electron chi connectivity index (χ3n) is 2.80. The summed E-state index contributed by atoms with van der Waals surface area (Å²) in [7, 11) is 0. The SMILES string of the molecule is CCCCN1CCN(CC)C1=NC(C)(C)C. The monoisotopic (exact) mass is 225 g/mol. The first kappa shape index (κ1) is 13.3. The molecule has 1 saturated heterocycles. The molecular weight excluding hydrogens is 198 g/mol. The molecule has 0 atom stereocenters. The van der Waals surface area contributed by atoms with Crippen molar-refractivity contribution in [1.82, 2.24) is 9.80 Å². The zero-order valence-corrected chi connectivity index (χ0v) is 11.6. The maximum Gasteiger partial charge on any atom is 0.197 e. The van der Waals surface area contributed by atoms with Gasteiger partial charge >= 0.3 is 0 Å². The van der Waals surface area contributed by atoms with Gasteiger partial charge < -0.3 is 9.80 Å². The van der Waals surface area contributed by atoms with Crippen LogP contribution in [0.25, 0.3) is 0 Å². The second-order valence-electron chi connectivity index (χ2n) is 5.50. The van der Waals surface area contributed by atoms with Crippen LogP contribution in [0, 0.1) is 0 Å². The maximum atomic E-state index is 4.86. The van der Waals surface area contributed by atoms with Crippen LogP contribution < -0.4 is 0 Å². The molecule has 0 spiro atoms.